The second-order valence-electron chi connectivity index (χ2n) is 6.94. The van der Waals surface area contributed by atoms with Gasteiger partial charge in [0.25, 0.3) is 5.91 Å². The first-order chi connectivity index (χ1) is 13.3. The molecule has 0 bridgehead atoms. The lowest BCUT2D eigenvalue weighted by Crippen LogP contribution is -2.14. The Morgan fingerprint density at radius 1 is 1.04 bits per heavy atom. The summed E-state index contributed by atoms with van der Waals surface area (Å²) in [7, 11) is 0. The summed E-state index contributed by atoms with van der Waals surface area (Å²) in [6, 6.07) is 15.5. The molecule has 0 atom stereocenters. The van der Waals surface area contributed by atoms with Gasteiger partial charge in [-0.2, -0.15) is 5.10 Å². The van der Waals surface area contributed by atoms with Crippen molar-refractivity contribution in [3.63, 3.8) is 0 Å². The van der Waals surface area contributed by atoms with E-state index in [1.165, 1.54) is 29.5 Å². The lowest BCUT2D eigenvalue weighted by atomic mass is 9.95. The molecule has 0 saturated heterocycles. The molecule has 0 saturated carbocycles. The van der Waals surface area contributed by atoms with Gasteiger partial charge in [0.2, 0.25) is 0 Å². The summed E-state index contributed by atoms with van der Waals surface area (Å²) in [5.74, 6) is -0.112. The fraction of sp³-hybridized carbons (Fsp3) is 0.182. The van der Waals surface area contributed by atoms with Gasteiger partial charge in [-0.05, 0) is 55.5 Å². The van der Waals surface area contributed by atoms with Crippen LogP contribution in [-0.2, 0) is 12.8 Å². The number of rotatable bonds is 3. The van der Waals surface area contributed by atoms with Gasteiger partial charge >= 0.3 is 0 Å². The van der Waals surface area contributed by atoms with Crippen LogP contribution in [0.4, 0.5) is 5.69 Å². The molecule has 0 radical (unpaired) electrons. The molecule has 0 fully saturated rings. The number of carbonyl (C=O) groups is 1. The third-order valence-corrected chi connectivity index (χ3v) is 5.28. The van der Waals surface area contributed by atoms with E-state index in [1.807, 2.05) is 48.7 Å². The molecule has 27 heavy (non-hydrogen) atoms. The van der Waals surface area contributed by atoms with Crippen molar-refractivity contribution in [2.24, 2.45) is 0 Å². The molecule has 2 N–H and O–H groups in total. The van der Waals surface area contributed by atoms with Crippen LogP contribution in [0.2, 0.25) is 0 Å². The maximum Gasteiger partial charge on any atom is 0.257 e. The topological polar surface area (TPSA) is 62.7 Å². The van der Waals surface area contributed by atoms with Gasteiger partial charge < -0.3 is 10.3 Å². The fourth-order valence-corrected chi connectivity index (χ4v) is 4.00. The van der Waals surface area contributed by atoms with Crippen LogP contribution >= 0.6 is 0 Å². The maximum atomic E-state index is 13.1. The van der Waals surface area contributed by atoms with E-state index in [0.717, 1.165) is 29.7 Å². The molecule has 4 aromatic rings. The van der Waals surface area contributed by atoms with E-state index in [4.69, 9.17) is 0 Å². The number of aromatic nitrogens is 3. The monoisotopic (exact) mass is 356 g/mol. The minimum atomic E-state index is -0.112. The first kappa shape index (κ1) is 15.9. The molecule has 5 nitrogen and oxygen atoms in total. The maximum absolute atomic E-state index is 13.1. The van der Waals surface area contributed by atoms with Crippen LogP contribution in [-0.4, -0.2) is 20.7 Å². The molecule has 2 aromatic heterocycles. The van der Waals surface area contributed by atoms with Crippen molar-refractivity contribution in [3.8, 4) is 5.69 Å². The van der Waals surface area contributed by atoms with Gasteiger partial charge in [-0.25, -0.2) is 4.68 Å². The highest BCUT2D eigenvalue weighted by Gasteiger charge is 2.20. The molecule has 2 heterocycles. The molecule has 0 spiro atoms. The highest BCUT2D eigenvalue weighted by atomic mass is 16.1. The second-order valence-corrected chi connectivity index (χ2v) is 6.94. The Hall–Kier alpha value is -3.34. The molecule has 1 amide bonds. The lowest BCUT2D eigenvalue weighted by Gasteiger charge is -2.11. The second kappa shape index (κ2) is 6.43. The van der Waals surface area contributed by atoms with E-state index in [0.29, 0.717) is 5.56 Å². The Balaban J connectivity index is 1.54. The predicted octanol–water partition coefficient (Wildman–Crippen LogP) is 4.48. The molecule has 5 heteroatoms. The Morgan fingerprint density at radius 2 is 1.93 bits per heavy atom. The molecule has 0 aliphatic heterocycles. The van der Waals surface area contributed by atoms with Gasteiger partial charge in [-0.3, -0.25) is 4.79 Å². The first-order valence-electron chi connectivity index (χ1n) is 9.34. The van der Waals surface area contributed by atoms with E-state index in [9.17, 15) is 4.79 Å². The number of aryl methyl sites for hydroxylation is 2. The predicted molar refractivity (Wildman–Crippen MR) is 106 cm³/mol. The molecular weight excluding hydrogens is 336 g/mol. The number of fused-ring (bicyclic) bond motifs is 3. The highest BCUT2D eigenvalue weighted by molar-refractivity contribution is 6.13. The van der Waals surface area contributed by atoms with Gasteiger partial charge in [-0.1, -0.05) is 24.3 Å². The molecule has 1 aliphatic carbocycles. The summed E-state index contributed by atoms with van der Waals surface area (Å²) in [4.78, 5) is 16.6. The SMILES string of the molecule is O=C(Nc1ccccc1-n1cccn1)c1cccc2c3c([nH]c12)CCCC3. The van der Waals surface area contributed by atoms with Gasteiger partial charge in [0.15, 0.2) is 0 Å². The van der Waals surface area contributed by atoms with Gasteiger partial charge in [0.05, 0.1) is 22.5 Å². The standard InChI is InChI=1S/C22H20N4O/c27-22(25-19-11-3-4-12-20(19)26-14-6-13-23-26)17-9-5-8-16-15-7-1-2-10-18(15)24-21(16)17/h3-6,8-9,11-14,24H,1-2,7,10H2,(H,25,27). The highest BCUT2D eigenvalue weighted by Crippen LogP contribution is 2.31. The largest absolute Gasteiger partial charge is 0.358 e. The van der Waals surface area contributed by atoms with Crippen LogP contribution < -0.4 is 5.32 Å². The lowest BCUT2D eigenvalue weighted by molar-refractivity contribution is 0.102. The Morgan fingerprint density at radius 3 is 2.81 bits per heavy atom. The van der Waals surface area contributed by atoms with Gasteiger partial charge in [-0.15, -0.1) is 0 Å². The van der Waals surface area contributed by atoms with Crippen molar-refractivity contribution in [2.75, 3.05) is 5.32 Å². The summed E-state index contributed by atoms with van der Waals surface area (Å²) in [5, 5.41) is 8.53. The van der Waals surface area contributed by atoms with Gasteiger partial charge in [0, 0.05) is 23.5 Å². The molecule has 2 aromatic carbocycles. The Kier molecular flexibility index (Phi) is 3.78. The zero-order valence-corrected chi connectivity index (χ0v) is 14.9. The number of anilines is 1. The zero-order chi connectivity index (χ0) is 18.2. The number of benzene rings is 2. The number of H-pyrrole nitrogens is 1. The van der Waals surface area contributed by atoms with E-state index in [2.05, 4.69) is 21.5 Å². The quantitative estimate of drug-likeness (QED) is 0.568. The molecule has 0 unspecified atom stereocenters. The van der Waals surface area contributed by atoms with Crippen molar-refractivity contribution in [3.05, 3.63) is 77.7 Å². The number of para-hydroxylation sites is 3. The van der Waals surface area contributed by atoms with E-state index in [1.54, 1.807) is 10.9 Å². The van der Waals surface area contributed by atoms with Crippen molar-refractivity contribution in [2.45, 2.75) is 25.7 Å². The number of hydrogen-bond donors (Lipinski definition) is 2. The summed E-state index contributed by atoms with van der Waals surface area (Å²) >= 11 is 0. The average molecular weight is 356 g/mol. The molecule has 5 rings (SSSR count). The van der Waals surface area contributed by atoms with Crippen molar-refractivity contribution in [1.82, 2.24) is 14.8 Å². The van der Waals surface area contributed by atoms with Crippen LogP contribution in [0.3, 0.4) is 0 Å². The minimum Gasteiger partial charge on any atom is -0.358 e. The van der Waals surface area contributed by atoms with Crippen LogP contribution in [0.5, 0.6) is 0 Å². The van der Waals surface area contributed by atoms with E-state index < -0.39 is 0 Å². The Bertz CT molecular complexity index is 1120. The van der Waals surface area contributed by atoms with Crippen LogP contribution in [0.1, 0.15) is 34.5 Å². The van der Waals surface area contributed by atoms with Crippen molar-refractivity contribution < 1.29 is 4.79 Å². The Labute approximate surface area is 157 Å². The van der Waals surface area contributed by atoms with Crippen molar-refractivity contribution in [1.29, 1.82) is 0 Å². The average Bonchev–Trinajstić information content (AvgIpc) is 3.36. The minimum absolute atomic E-state index is 0.112. The number of amides is 1. The van der Waals surface area contributed by atoms with Crippen LogP contribution in [0, 0.1) is 0 Å². The number of nitrogens with one attached hydrogen (secondary N) is 2. The number of nitrogens with zero attached hydrogens (tertiary/aromatic N) is 2. The third-order valence-electron chi connectivity index (χ3n) is 5.28. The first-order valence-corrected chi connectivity index (χ1v) is 9.34. The normalized spacial score (nSPS) is 13.5. The van der Waals surface area contributed by atoms with E-state index >= 15 is 0 Å². The van der Waals surface area contributed by atoms with Gasteiger partial charge in [0.1, 0.15) is 0 Å². The molecular formula is C22H20N4O. The van der Waals surface area contributed by atoms with Crippen LogP contribution in [0.25, 0.3) is 16.6 Å². The summed E-state index contributed by atoms with van der Waals surface area (Å²) in [6.45, 7) is 0. The van der Waals surface area contributed by atoms with Crippen LogP contribution in [0.15, 0.2) is 60.9 Å². The summed E-state index contributed by atoms with van der Waals surface area (Å²) in [6.07, 6.45) is 8.16. The fourth-order valence-electron chi connectivity index (χ4n) is 4.00. The smallest absolute Gasteiger partial charge is 0.257 e. The van der Waals surface area contributed by atoms with Crippen molar-refractivity contribution >= 4 is 22.5 Å². The zero-order valence-electron chi connectivity index (χ0n) is 14.9. The number of carbonyl (C=O) groups excluding carboxylic acids is 1. The number of aromatic amines is 1. The number of hydrogen-bond acceptors (Lipinski definition) is 2. The molecule has 134 valence electrons. The molecule has 1 aliphatic rings. The summed E-state index contributed by atoms with van der Waals surface area (Å²) < 4.78 is 1.75. The summed E-state index contributed by atoms with van der Waals surface area (Å²) in [5.41, 5.74) is 5.86. The third kappa shape index (κ3) is 2.72. The van der Waals surface area contributed by atoms with E-state index in [-0.39, 0.29) is 5.91 Å².